The van der Waals surface area contributed by atoms with Crippen LogP contribution >= 0.6 is 0 Å². The zero-order valence-corrected chi connectivity index (χ0v) is 14.0. The van der Waals surface area contributed by atoms with E-state index in [0.717, 1.165) is 13.0 Å². The van der Waals surface area contributed by atoms with Crippen molar-refractivity contribution < 1.29 is 41.0 Å². The molecule has 0 bridgehead atoms. The van der Waals surface area contributed by atoms with Crippen molar-refractivity contribution >= 4 is 17.6 Å². The number of hydrogen-bond donors (Lipinski definition) is 3. The van der Waals surface area contributed by atoms with E-state index in [1.54, 1.807) is 5.32 Å². The SMILES string of the molecule is CC(O)(C(=O)Nc1ccc(F)c(C2(C)N=C(N)OCC2(F)F)c1)C(F)(F)F. The third-order valence-corrected chi connectivity index (χ3v) is 4.19. The number of aliphatic imine (C=N–C) groups is 1. The fourth-order valence-corrected chi connectivity index (χ4v) is 2.25. The van der Waals surface area contributed by atoms with Gasteiger partial charge in [-0.1, -0.05) is 0 Å². The zero-order chi connectivity index (χ0) is 20.8. The smallest absolute Gasteiger partial charge is 0.426 e. The van der Waals surface area contributed by atoms with Crippen LogP contribution in [0.2, 0.25) is 0 Å². The first-order chi connectivity index (χ1) is 12.1. The van der Waals surface area contributed by atoms with Crippen LogP contribution in [-0.4, -0.2) is 41.3 Å². The highest BCUT2D eigenvalue weighted by Crippen LogP contribution is 2.45. The van der Waals surface area contributed by atoms with Crippen molar-refractivity contribution in [3.63, 3.8) is 0 Å². The van der Waals surface area contributed by atoms with E-state index < -0.39 is 58.8 Å². The van der Waals surface area contributed by atoms with E-state index in [1.807, 2.05) is 0 Å². The third-order valence-electron chi connectivity index (χ3n) is 4.19. The highest BCUT2D eigenvalue weighted by molar-refractivity contribution is 5.97. The minimum absolute atomic E-state index is 0.214. The lowest BCUT2D eigenvalue weighted by Gasteiger charge is -2.37. The molecule has 0 spiro atoms. The maximum absolute atomic E-state index is 14.3. The molecule has 1 amide bonds. The summed E-state index contributed by atoms with van der Waals surface area (Å²) in [6, 6.07) is 1.57. The average Bonchev–Trinajstić information content (AvgIpc) is 2.52. The van der Waals surface area contributed by atoms with Gasteiger partial charge < -0.3 is 20.9 Å². The molecule has 1 aromatic carbocycles. The maximum Gasteiger partial charge on any atom is 0.426 e. The standard InChI is InChI=1S/C15H15F6N3O3/c1-12(14(17,18)6-27-11(22)24-12)8-5-7(3-4-9(8)16)23-10(25)13(2,26)15(19,20)21/h3-5,26H,6H2,1-2H3,(H2,22,24)(H,23,25). The van der Waals surface area contributed by atoms with E-state index >= 15 is 0 Å². The number of nitrogens with zero attached hydrogens (tertiary/aromatic N) is 1. The van der Waals surface area contributed by atoms with Gasteiger partial charge in [0, 0.05) is 11.3 Å². The molecule has 0 saturated heterocycles. The van der Waals surface area contributed by atoms with Crippen molar-refractivity contribution in [2.45, 2.75) is 37.1 Å². The summed E-state index contributed by atoms with van der Waals surface area (Å²) >= 11 is 0. The van der Waals surface area contributed by atoms with Crippen molar-refractivity contribution in [3.05, 3.63) is 29.6 Å². The fraction of sp³-hybridized carbons (Fsp3) is 0.467. The summed E-state index contributed by atoms with van der Waals surface area (Å²) in [5.74, 6) is -6.74. The molecule has 0 radical (unpaired) electrons. The predicted molar refractivity (Wildman–Crippen MR) is 81.6 cm³/mol. The Labute approximate surface area is 149 Å². The summed E-state index contributed by atoms with van der Waals surface area (Å²) in [4.78, 5) is 15.2. The van der Waals surface area contributed by atoms with Gasteiger partial charge in [-0.2, -0.15) is 22.0 Å². The van der Waals surface area contributed by atoms with Gasteiger partial charge in [0.15, 0.2) is 12.1 Å². The molecule has 0 fully saturated rings. The Balaban J connectivity index is 2.46. The second-order valence-electron chi connectivity index (χ2n) is 6.23. The van der Waals surface area contributed by atoms with Crippen molar-refractivity contribution in [1.29, 1.82) is 0 Å². The number of hydrogen-bond acceptors (Lipinski definition) is 5. The molecule has 1 aliphatic rings. The number of ether oxygens (including phenoxy) is 1. The minimum atomic E-state index is -5.29. The van der Waals surface area contributed by atoms with E-state index in [0.29, 0.717) is 12.1 Å². The molecule has 0 aromatic heterocycles. The van der Waals surface area contributed by atoms with Crippen LogP contribution in [0.3, 0.4) is 0 Å². The largest absolute Gasteiger partial charge is 0.459 e. The number of rotatable bonds is 3. The number of amidine groups is 1. The Kier molecular flexibility index (Phi) is 4.85. The molecular weight excluding hydrogens is 384 g/mol. The van der Waals surface area contributed by atoms with Crippen LogP contribution in [0.25, 0.3) is 0 Å². The Morgan fingerprint density at radius 2 is 1.96 bits per heavy atom. The number of nitrogens with one attached hydrogen (secondary N) is 1. The van der Waals surface area contributed by atoms with E-state index in [1.165, 1.54) is 0 Å². The van der Waals surface area contributed by atoms with Crippen LogP contribution < -0.4 is 11.1 Å². The lowest BCUT2D eigenvalue weighted by Crippen LogP contribution is -2.52. The van der Waals surface area contributed by atoms with E-state index in [9.17, 15) is 36.2 Å². The number of carbonyl (C=O) groups excluding carboxylic acids is 1. The van der Waals surface area contributed by atoms with Crippen LogP contribution in [0.15, 0.2) is 23.2 Å². The molecule has 150 valence electrons. The summed E-state index contributed by atoms with van der Waals surface area (Å²) in [5.41, 5.74) is -2.19. The Morgan fingerprint density at radius 3 is 2.52 bits per heavy atom. The summed E-state index contributed by atoms with van der Waals surface area (Å²) < 4.78 is 85.4. The molecule has 12 heteroatoms. The fourth-order valence-electron chi connectivity index (χ4n) is 2.25. The normalized spacial score (nSPS) is 24.4. The number of halogens is 6. The molecule has 0 saturated carbocycles. The Hall–Kier alpha value is -2.50. The molecule has 1 aliphatic heterocycles. The second-order valence-corrected chi connectivity index (χ2v) is 6.23. The minimum Gasteiger partial charge on any atom is -0.459 e. The summed E-state index contributed by atoms with van der Waals surface area (Å²) in [5, 5.41) is 11.1. The number of carbonyl (C=O) groups is 1. The first kappa shape index (κ1) is 20.8. The summed E-state index contributed by atoms with van der Waals surface area (Å²) in [6.45, 7) is -0.123. The van der Waals surface area contributed by atoms with Gasteiger partial charge in [-0.05, 0) is 32.0 Å². The number of benzene rings is 1. The van der Waals surface area contributed by atoms with E-state index in [4.69, 9.17) is 5.73 Å². The maximum atomic E-state index is 14.3. The Morgan fingerprint density at radius 1 is 1.37 bits per heavy atom. The van der Waals surface area contributed by atoms with Crippen LogP contribution in [0.5, 0.6) is 0 Å². The van der Waals surface area contributed by atoms with Crippen molar-refractivity contribution in [2.24, 2.45) is 10.7 Å². The molecule has 4 N–H and O–H groups in total. The topological polar surface area (TPSA) is 96.9 Å². The first-order valence-corrected chi connectivity index (χ1v) is 7.38. The number of nitrogens with two attached hydrogens (primary N) is 1. The lowest BCUT2D eigenvalue weighted by molar-refractivity contribution is -0.242. The molecule has 2 rings (SSSR count). The molecule has 1 heterocycles. The Bertz CT molecular complexity index is 793. The third kappa shape index (κ3) is 3.53. The van der Waals surface area contributed by atoms with Gasteiger partial charge >= 0.3 is 12.1 Å². The summed E-state index contributed by atoms with van der Waals surface area (Å²) in [7, 11) is 0. The van der Waals surface area contributed by atoms with Gasteiger partial charge in [-0.25, -0.2) is 9.38 Å². The molecule has 0 aliphatic carbocycles. The molecule has 2 unspecified atom stereocenters. The van der Waals surface area contributed by atoms with Crippen molar-refractivity contribution in [2.75, 3.05) is 11.9 Å². The number of anilines is 1. The second kappa shape index (κ2) is 6.29. The van der Waals surface area contributed by atoms with Crippen LogP contribution in [0, 0.1) is 5.82 Å². The van der Waals surface area contributed by atoms with Crippen LogP contribution in [0.4, 0.5) is 32.0 Å². The molecule has 6 nitrogen and oxygen atoms in total. The molecular formula is C15H15F6N3O3. The van der Waals surface area contributed by atoms with Gasteiger partial charge in [0.05, 0.1) is 0 Å². The zero-order valence-electron chi connectivity index (χ0n) is 14.0. The van der Waals surface area contributed by atoms with Crippen LogP contribution in [0.1, 0.15) is 19.4 Å². The lowest BCUT2D eigenvalue weighted by atomic mass is 9.85. The van der Waals surface area contributed by atoms with Crippen molar-refractivity contribution in [1.82, 2.24) is 0 Å². The predicted octanol–water partition coefficient (Wildman–Crippen LogP) is 2.27. The van der Waals surface area contributed by atoms with E-state index in [2.05, 4.69) is 9.73 Å². The quantitative estimate of drug-likeness (QED) is 0.680. The average molecular weight is 399 g/mol. The van der Waals surface area contributed by atoms with Gasteiger partial charge in [-0.15, -0.1) is 0 Å². The molecule has 2 atom stereocenters. The first-order valence-electron chi connectivity index (χ1n) is 7.38. The molecule has 27 heavy (non-hydrogen) atoms. The van der Waals surface area contributed by atoms with Crippen molar-refractivity contribution in [3.8, 4) is 0 Å². The summed E-state index contributed by atoms with van der Waals surface area (Å²) in [6.07, 6.45) is -5.29. The van der Waals surface area contributed by atoms with Gasteiger partial charge in [0.25, 0.3) is 11.9 Å². The number of alkyl halides is 5. The van der Waals surface area contributed by atoms with Crippen LogP contribution in [-0.2, 0) is 15.1 Å². The highest BCUT2D eigenvalue weighted by Gasteiger charge is 2.57. The van der Waals surface area contributed by atoms with Gasteiger partial charge in [-0.3, -0.25) is 4.79 Å². The number of amides is 1. The van der Waals surface area contributed by atoms with Gasteiger partial charge in [0.2, 0.25) is 5.60 Å². The highest BCUT2D eigenvalue weighted by atomic mass is 19.4. The number of aliphatic hydroxyl groups is 1. The molecule has 1 aromatic rings. The van der Waals surface area contributed by atoms with Gasteiger partial charge in [0.1, 0.15) is 5.82 Å². The monoisotopic (exact) mass is 399 g/mol. The van der Waals surface area contributed by atoms with E-state index in [-0.39, 0.29) is 6.92 Å².